The number of thiophene rings is 1. The summed E-state index contributed by atoms with van der Waals surface area (Å²) in [6, 6.07) is 8.66. The molecule has 0 aliphatic carbocycles. The maximum Gasteiger partial charge on any atom is 0.271 e. The molecule has 0 amide bonds. The molecule has 0 saturated heterocycles. The van der Waals surface area contributed by atoms with E-state index >= 15 is 0 Å². The summed E-state index contributed by atoms with van der Waals surface area (Å²) in [5, 5.41) is 3.38. The van der Waals surface area contributed by atoms with Crippen LogP contribution in [0.1, 0.15) is 10.4 Å². The zero-order valence-electron chi connectivity index (χ0n) is 11.1. The summed E-state index contributed by atoms with van der Waals surface area (Å²) in [6.07, 6.45) is 0. The number of hydrogen-bond acceptors (Lipinski definition) is 4. The van der Waals surface area contributed by atoms with Gasteiger partial charge in [0.2, 0.25) is 0 Å². The third-order valence-electron chi connectivity index (χ3n) is 2.71. The van der Waals surface area contributed by atoms with Gasteiger partial charge in [0.15, 0.2) is 0 Å². The Hall–Kier alpha value is -1.08. The van der Waals surface area contributed by atoms with Crippen molar-refractivity contribution in [1.82, 2.24) is 5.32 Å². The highest BCUT2D eigenvalue weighted by Gasteiger charge is 2.19. The molecule has 0 atom stereocenters. The van der Waals surface area contributed by atoms with Crippen LogP contribution in [0.2, 0.25) is 5.02 Å². The molecule has 1 aromatic heterocycles. The van der Waals surface area contributed by atoms with Gasteiger partial charge in [-0.25, -0.2) is 8.42 Å². The second-order valence-electron chi connectivity index (χ2n) is 4.29. The summed E-state index contributed by atoms with van der Waals surface area (Å²) < 4.78 is 27.5. The molecule has 0 radical (unpaired) electrons. The van der Waals surface area contributed by atoms with Crippen molar-refractivity contribution in [2.75, 3.05) is 11.8 Å². The summed E-state index contributed by atoms with van der Waals surface area (Å²) >= 11 is 7.28. The SMILES string of the molecule is CNCc1ccc(S(=O)(=O)Nc2c(C)cccc2Cl)s1. The van der Waals surface area contributed by atoms with Gasteiger partial charge in [-0.15, -0.1) is 11.3 Å². The van der Waals surface area contributed by atoms with Crippen LogP contribution >= 0.6 is 22.9 Å². The quantitative estimate of drug-likeness (QED) is 0.885. The van der Waals surface area contributed by atoms with Gasteiger partial charge in [0.1, 0.15) is 4.21 Å². The molecule has 20 heavy (non-hydrogen) atoms. The van der Waals surface area contributed by atoms with E-state index in [0.717, 1.165) is 10.4 Å². The molecule has 1 aromatic carbocycles. The van der Waals surface area contributed by atoms with Crippen LogP contribution in [0.3, 0.4) is 0 Å². The van der Waals surface area contributed by atoms with Crippen molar-refractivity contribution in [3.05, 3.63) is 45.8 Å². The zero-order chi connectivity index (χ0) is 14.8. The minimum absolute atomic E-state index is 0.280. The Bertz CT molecular complexity index is 691. The molecule has 0 saturated carbocycles. The van der Waals surface area contributed by atoms with Gasteiger partial charge in [0.25, 0.3) is 10.0 Å². The molecular formula is C13H15ClN2O2S2. The Morgan fingerprint density at radius 2 is 2.00 bits per heavy atom. The van der Waals surface area contributed by atoms with Gasteiger partial charge in [-0.05, 0) is 37.7 Å². The Kier molecular flexibility index (Phi) is 4.70. The Balaban J connectivity index is 2.31. The van der Waals surface area contributed by atoms with Crippen LogP contribution in [-0.4, -0.2) is 15.5 Å². The highest BCUT2D eigenvalue weighted by Crippen LogP contribution is 2.30. The molecule has 0 aliphatic heterocycles. The standard InChI is InChI=1S/C13H15ClN2O2S2/c1-9-4-3-5-11(14)13(9)16-20(17,18)12-7-6-10(19-12)8-15-2/h3-7,15-16H,8H2,1-2H3. The van der Waals surface area contributed by atoms with E-state index in [1.807, 2.05) is 20.0 Å². The van der Waals surface area contributed by atoms with Crippen molar-refractivity contribution in [3.63, 3.8) is 0 Å². The summed E-state index contributed by atoms with van der Waals surface area (Å²) in [4.78, 5) is 0.962. The van der Waals surface area contributed by atoms with Crippen LogP contribution in [-0.2, 0) is 16.6 Å². The van der Waals surface area contributed by atoms with E-state index in [2.05, 4.69) is 10.0 Å². The van der Waals surface area contributed by atoms with Gasteiger partial charge in [-0.2, -0.15) is 0 Å². The molecule has 0 bridgehead atoms. The van der Waals surface area contributed by atoms with Crippen molar-refractivity contribution in [1.29, 1.82) is 0 Å². The topological polar surface area (TPSA) is 58.2 Å². The van der Waals surface area contributed by atoms with E-state index in [1.165, 1.54) is 11.3 Å². The van der Waals surface area contributed by atoms with Gasteiger partial charge in [-0.3, -0.25) is 4.72 Å². The van der Waals surface area contributed by atoms with E-state index in [1.54, 1.807) is 24.3 Å². The van der Waals surface area contributed by atoms with E-state index in [9.17, 15) is 8.42 Å². The number of sulfonamides is 1. The fourth-order valence-corrected chi connectivity index (χ4v) is 4.56. The van der Waals surface area contributed by atoms with Crippen LogP contribution in [0.25, 0.3) is 0 Å². The van der Waals surface area contributed by atoms with Crippen molar-refractivity contribution >= 4 is 38.6 Å². The lowest BCUT2D eigenvalue weighted by molar-refractivity contribution is 0.603. The van der Waals surface area contributed by atoms with E-state index in [-0.39, 0.29) is 4.21 Å². The van der Waals surface area contributed by atoms with E-state index in [0.29, 0.717) is 17.3 Å². The number of aryl methyl sites for hydroxylation is 1. The van der Waals surface area contributed by atoms with E-state index < -0.39 is 10.0 Å². The lowest BCUT2D eigenvalue weighted by atomic mass is 10.2. The highest BCUT2D eigenvalue weighted by atomic mass is 35.5. The summed E-state index contributed by atoms with van der Waals surface area (Å²) in [6.45, 7) is 2.45. The Morgan fingerprint density at radius 3 is 2.65 bits per heavy atom. The van der Waals surface area contributed by atoms with Gasteiger partial charge in [0.05, 0.1) is 10.7 Å². The molecule has 0 spiro atoms. The molecule has 1 heterocycles. The van der Waals surface area contributed by atoms with Gasteiger partial charge < -0.3 is 5.32 Å². The monoisotopic (exact) mass is 330 g/mol. The number of rotatable bonds is 5. The highest BCUT2D eigenvalue weighted by molar-refractivity contribution is 7.94. The van der Waals surface area contributed by atoms with Crippen LogP contribution < -0.4 is 10.0 Å². The number of benzene rings is 1. The zero-order valence-corrected chi connectivity index (χ0v) is 13.5. The van der Waals surface area contributed by atoms with E-state index in [4.69, 9.17) is 11.6 Å². The molecule has 0 aliphatic rings. The van der Waals surface area contributed by atoms with Crippen molar-refractivity contribution < 1.29 is 8.42 Å². The van der Waals surface area contributed by atoms with Crippen LogP contribution in [0.5, 0.6) is 0 Å². The third-order valence-corrected chi connectivity index (χ3v) is 5.95. The molecule has 108 valence electrons. The maximum absolute atomic E-state index is 12.3. The molecule has 4 nitrogen and oxygen atoms in total. The van der Waals surface area contributed by atoms with Gasteiger partial charge in [0, 0.05) is 11.4 Å². The fraction of sp³-hybridized carbons (Fsp3) is 0.231. The minimum atomic E-state index is -3.60. The predicted octanol–water partition coefficient (Wildman–Crippen LogP) is 3.23. The minimum Gasteiger partial charge on any atom is -0.315 e. The first-order valence-corrected chi connectivity index (χ1v) is 8.63. The first-order chi connectivity index (χ1) is 9.44. The molecule has 0 fully saturated rings. The smallest absolute Gasteiger partial charge is 0.271 e. The average molecular weight is 331 g/mol. The maximum atomic E-state index is 12.3. The molecule has 0 unspecified atom stereocenters. The second-order valence-corrected chi connectivity index (χ2v) is 7.77. The van der Waals surface area contributed by atoms with Crippen molar-refractivity contribution in [3.8, 4) is 0 Å². The summed E-state index contributed by atoms with van der Waals surface area (Å²) in [7, 11) is -1.78. The lowest BCUT2D eigenvalue weighted by Gasteiger charge is -2.10. The Morgan fingerprint density at radius 1 is 1.25 bits per heavy atom. The van der Waals surface area contributed by atoms with Crippen LogP contribution in [0.15, 0.2) is 34.5 Å². The number of hydrogen-bond donors (Lipinski definition) is 2. The molecule has 2 rings (SSSR count). The second kappa shape index (κ2) is 6.13. The normalized spacial score (nSPS) is 11.6. The molecule has 2 aromatic rings. The van der Waals surface area contributed by atoms with Gasteiger partial charge in [-0.1, -0.05) is 23.7 Å². The summed E-state index contributed by atoms with van der Waals surface area (Å²) in [5.74, 6) is 0. The Labute approximate surface area is 127 Å². The first kappa shape index (κ1) is 15.3. The fourth-order valence-electron chi connectivity index (χ4n) is 1.72. The summed E-state index contributed by atoms with van der Waals surface area (Å²) in [5.41, 5.74) is 1.21. The lowest BCUT2D eigenvalue weighted by Crippen LogP contribution is -2.12. The molecule has 2 N–H and O–H groups in total. The molecular weight excluding hydrogens is 316 g/mol. The average Bonchev–Trinajstić information content (AvgIpc) is 2.84. The van der Waals surface area contributed by atoms with Crippen LogP contribution in [0.4, 0.5) is 5.69 Å². The number of anilines is 1. The first-order valence-electron chi connectivity index (χ1n) is 5.95. The number of nitrogens with one attached hydrogen (secondary N) is 2. The number of halogens is 1. The third kappa shape index (κ3) is 3.32. The number of para-hydroxylation sites is 1. The predicted molar refractivity (Wildman–Crippen MR) is 84.1 cm³/mol. The molecule has 7 heteroatoms. The van der Waals surface area contributed by atoms with Gasteiger partial charge >= 0.3 is 0 Å². The largest absolute Gasteiger partial charge is 0.315 e. The van der Waals surface area contributed by atoms with Crippen LogP contribution in [0, 0.1) is 6.92 Å². The van der Waals surface area contributed by atoms with Crippen molar-refractivity contribution in [2.24, 2.45) is 0 Å². The van der Waals surface area contributed by atoms with Crippen molar-refractivity contribution in [2.45, 2.75) is 17.7 Å².